The molecule has 0 bridgehead atoms. The summed E-state index contributed by atoms with van der Waals surface area (Å²) in [5.74, 6) is -1.34. The van der Waals surface area contributed by atoms with E-state index in [1.807, 2.05) is 6.92 Å². The second kappa shape index (κ2) is 11.2. The van der Waals surface area contributed by atoms with Crippen molar-refractivity contribution in [1.82, 2.24) is 9.97 Å². The second-order valence-electron chi connectivity index (χ2n) is 9.94. The molecule has 2 aliphatic heterocycles. The highest BCUT2D eigenvalue weighted by molar-refractivity contribution is 7.99. The summed E-state index contributed by atoms with van der Waals surface area (Å²) in [4.78, 5) is 23.9. The van der Waals surface area contributed by atoms with Crippen LogP contribution in [0.1, 0.15) is 30.1 Å². The standard InChI is InChI=1S/C26H28ClFN6O4S2/c1-15-24(29)26(14-38-15)8-10-34(11-9-26)20-12-32-21(13-31-20)39-18-6-3-5-17(22(18)27)33-25(35)16-4-2-7-19(23(16)28)40(30,36)37/h2-7,12-13,15,24H,8-11,14,29H2,1H3,(H,33,35)(H2,30,36,37)/t15-,24+/m0/s1. The molecule has 212 valence electrons. The van der Waals surface area contributed by atoms with Crippen LogP contribution in [0.25, 0.3) is 0 Å². The van der Waals surface area contributed by atoms with Gasteiger partial charge in [-0.3, -0.25) is 4.79 Å². The van der Waals surface area contributed by atoms with E-state index in [1.165, 1.54) is 17.8 Å². The predicted octanol–water partition coefficient (Wildman–Crippen LogP) is 3.65. The fourth-order valence-electron chi connectivity index (χ4n) is 5.07. The lowest BCUT2D eigenvalue weighted by molar-refractivity contribution is 0.0974. The van der Waals surface area contributed by atoms with E-state index in [0.29, 0.717) is 16.5 Å². The Morgan fingerprint density at radius 3 is 2.55 bits per heavy atom. The predicted molar refractivity (Wildman–Crippen MR) is 151 cm³/mol. The first-order chi connectivity index (χ1) is 19.0. The van der Waals surface area contributed by atoms with Crippen LogP contribution in [0.3, 0.4) is 0 Å². The van der Waals surface area contributed by atoms with Gasteiger partial charge in [0.15, 0.2) is 5.82 Å². The van der Waals surface area contributed by atoms with Crippen LogP contribution in [0.5, 0.6) is 0 Å². The molecule has 2 aliphatic rings. The largest absolute Gasteiger partial charge is 0.376 e. The van der Waals surface area contributed by atoms with E-state index < -0.39 is 32.2 Å². The number of halogens is 2. The lowest BCUT2D eigenvalue weighted by Gasteiger charge is -2.41. The smallest absolute Gasteiger partial charge is 0.258 e. The normalized spacial score (nSPS) is 20.6. The summed E-state index contributed by atoms with van der Waals surface area (Å²) in [6, 6.07) is 8.38. The molecule has 0 unspecified atom stereocenters. The quantitative estimate of drug-likeness (QED) is 0.381. The summed E-state index contributed by atoms with van der Waals surface area (Å²) in [5.41, 5.74) is 6.17. The Balaban J connectivity index is 1.25. The van der Waals surface area contributed by atoms with Gasteiger partial charge in [-0.05, 0) is 44.0 Å². The summed E-state index contributed by atoms with van der Waals surface area (Å²) < 4.78 is 43.7. The first-order valence-corrected chi connectivity index (χ1v) is 15.3. The number of anilines is 2. The third-order valence-electron chi connectivity index (χ3n) is 7.48. The van der Waals surface area contributed by atoms with Crippen molar-refractivity contribution in [1.29, 1.82) is 0 Å². The Hall–Kier alpha value is -2.81. The van der Waals surface area contributed by atoms with Gasteiger partial charge >= 0.3 is 0 Å². The average molecular weight is 607 g/mol. The summed E-state index contributed by atoms with van der Waals surface area (Å²) in [6.45, 7) is 4.36. The molecule has 3 aromatic rings. The fourth-order valence-corrected chi connectivity index (χ4v) is 6.77. The fraction of sp³-hybridized carbons (Fsp3) is 0.346. The van der Waals surface area contributed by atoms with Gasteiger partial charge in [-0.15, -0.1) is 0 Å². The summed E-state index contributed by atoms with van der Waals surface area (Å²) >= 11 is 7.80. The number of benzene rings is 2. The van der Waals surface area contributed by atoms with Crippen molar-refractivity contribution in [3.63, 3.8) is 0 Å². The molecule has 5 N–H and O–H groups in total. The van der Waals surface area contributed by atoms with Crippen LogP contribution < -0.4 is 21.1 Å². The topological polar surface area (TPSA) is 154 Å². The molecule has 3 heterocycles. The maximum absolute atomic E-state index is 14.7. The van der Waals surface area contributed by atoms with E-state index in [0.717, 1.165) is 43.9 Å². The molecule has 0 saturated carbocycles. The highest BCUT2D eigenvalue weighted by Crippen LogP contribution is 2.42. The number of carbonyl (C=O) groups is 1. The molecular weight excluding hydrogens is 579 g/mol. The van der Waals surface area contributed by atoms with Crippen molar-refractivity contribution in [3.05, 3.63) is 65.2 Å². The van der Waals surface area contributed by atoms with Gasteiger partial charge in [-0.25, -0.2) is 27.9 Å². The molecule has 10 nitrogen and oxygen atoms in total. The number of nitrogens with two attached hydrogens (primary N) is 2. The SMILES string of the molecule is C[C@@H]1OCC2(CCN(c3cnc(Sc4cccc(NC(=O)c5cccc(S(N)(=O)=O)c5F)c4Cl)cn3)CC2)[C@@H]1N. The minimum absolute atomic E-state index is 0.0208. The van der Waals surface area contributed by atoms with E-state index >= 15 is 0 Å². The van der Waals surface area contributed by atoms with Crippen LogP contribution in [-0.2, 0) is 14.8 Å². The molecule has 14 heteroatoms. The minimum atomic E-state index is -4.34. The molecule has 2 atom stereocenters. The minimum Gasteiger partial charge on any atom is -0.376 e. The number of rotatable bonds is 6. The first-order valence-electron chi connectivity index (χ1n) is 12.5. The number of amides is 1. The Bertz CT molecular complexity index is 1530. The number of hydrogen-bond acceptors (Lipinski definition) is 9. The number of hydrogen-bond donors (Lipinski definition) is 3. The van der Waals surface area contributed by atoms with Gasteiger partial charge in [0.1, 0.15) is 15.7 Å². The number of nitrogens with zero attached hydrogens (tertiary/aromatic N) is 3. The highest BCUT2D eigenvalue weighted by atomic mass is 35.5. The zero-order valence-corrected chi connectivity index (χ0v) is 23.9. The number of piperidine rings is 1. The number of carbonyl (C=O) groups excluding carboxylic acids is 1. The van der Waals surface area contributed by atoms with Crippen molar-refractivity contribution in [2.75, 3.05) is 29.9 Å². The van der Waals surface area contributed by atoms with E-state index in [2.05, 4.69) is 20.2 Å². The van der Waals surface area contributed by atoms with Gasteiger partial charge in [0.25, 0.3) is 5.91 Å². The third-order valence-corrected chi connectivity index (χ3v) is 9.91. The van der Waals surface area contributed by atoms with E-state index in [9.17, 15) is 17.6 Å². The third kappa shape index (κ3) is 5.67. The molecule has 40 heavy (non-hydrogen) atoms. The first kappa shape index (κ1) is 28.7. The maximum Gasteiger partial charge on any atom is 0.258 e. The summed E-state index contributed by atoms with van der Waals surface area (Å²) in [7, 11) is -4.34. The molecule has 1 amide bonds. The summed E-state index contributed by atoms with van der Waals surface area (Å²) in [5, 5.41) is 8.37. The Morgan fingerprint density at radius 2 is 1.93 bits per heavy atom. The van der Waals surface area contributed by atoms with Gasteiger partial charge in [0.2, 0.25) is 10.0 Å². The van der Waals surface area contributed by atoms with Crippen LogP contribution in [-0.4, -0.2) is 56.1 Å². The number of nitrogens with one attached hydrogen (secondary N) is 1. The molecule has 0 radical (unpaired) electrons. The highest BCUT2D eigenvalue weighted by Gasteiger charge is 2.47. The molecule has 2 aromatic carbocycles. The maximum atomic E-state index is 14.7. The Labute approximate surface area is 240 Å². The lowest BCUT2D eigenvalue weighted by Crippen LogP contribution is -2.50. The molecular formula is C26H28ClFN6O4S2. The Morgan fingerprint density at radius 1 is 1.20 bits per heavy atom. The van der Waals surface area contributed by atoms with Crippen LogP contribution in [0, 0.1) is 11.2 Å². The van der Waals surface area contributed by atoms with Crippen molar-refractivity contribution in [2.45, 2.75) is 46.7 Å². The molecule has 2 saturated heterocycles. The van der Waals surface area contributed by atoms with Gasteiger partial charge in [0.05, 0.1) is 41.4 Å². The summed E-state index contributed by atoms with van der Waals surface area (Å²) in [6.07, 6.45) is 5.31. The molecule has 0 aliphatic carbocycles. The number of ether oxygens (including phenoxy) is 1. The van der Waals surface area contributed by atoms with Crippen molar-refractivity contribution < 1.29 is 22.3 Å². The van der Waals surface area contributed by atoms with E-state index in [-0.39, 0.29) is 28.3 Å². The van der Waals surface area contributed by atoms with Crippen molar-refractivity contribution >= 4 is 50.8 Å². The molecule has 1 aromatic heterocycles. The van der Waals surface area contributed by atoms with Gasteiger partial charge in [-0.1, -0.05) is 35.5 Å². The zero-order chi connectivity index (χ0) is 28.7. The lowest BCUT2D eigenvalue weighted by atomic mass is 9.73. The molecule has 1 spiro atoms. The molecule has 5 rings (SSSR count). The monoisotopic (exact) mass is 606 g/mol. The number of sulfonamides is 1. The van der Waals surface area contributed by atoms with Crippen LogP contribution in [0.4, 0.5) is 15.9 Å². The number of aromatic nitrogens is 2. The van der Waals surface area contributed by atoms with Crippen LogP contribution in [0.15, 0.2) is 63.6 Å². The van der Waals surface area contributed by atoms with E-state index in [4.69, 9.17) is 27.2 Å². The number of primary sulfonamides is 1. The molecule has 2 fully saturated rings. The second-order valence-corrected chi connectivity index (χ2v) is 12.9. The average Bonchev–Trinajstić information content (AvgIpc) is 3.19. The van der Waals surface area contributed by atoms with Crippen LogP contribution in [0.2, 0.25) is 5.02 Å². The van der Waals surface area contributed by atoms with Crippen molar-refractivity contribution in [2.24, 2.45) is 16.3 Å². The van der Waals surface area contributed by atoms with Crippen molar-refractivity contribution in [3.8, 4) is 0 Å². The van der Waals surface area contributed by atoms with Gasteiger partial charge in [-0.2, -0.15) is 0 Å². The van der Waals surface area contributed by atoms with Gasteiger partial charge in [0, 0.05) is 29.4 Å². The van der Waals surface area contributed by atoms with E-state index in [1.54, 1.807) is 30.6 Å². The zero-order valence-electron chi connectivity index (χ0n) is 21.5. The Kier molecular flexibility index (Phi) is 8.06. The van der Waals surface area contributed by atoms with Gasteiger partial charge < -0.3 is 20.7 Å². The van der Waals surface area contributed by atoms with Crippen LogP contribution >= 0.6 is 23.4 Å².